The molecule has 0 saturated carbocycles. The topological polar surface area (TPSA) is 64.2 Å². The first-order chi connectivity index (χ1) is 6.68. The van der Waals surface area contributed by atoms with Gasteiger partial charge in [0, 0.05) is 24.1 Å². The Bertz CT molecular complexity index is 293. The summed E-state index contributed by atoms with van der Waals surface area (Å²) in [6.07, 6.45) is -0.0141. The van der Waals surface area contributed by atoms with Crippen molar-refractivity contribution in [3.63, 3.8) is 0 Å². The molecule has 2 N–H and O–H groups in total. The predicted molar refractivity (Wildman–Crippen MR) is 52.3 cm³/mol. The van der Waals surface area contributed by atoms with Crippen LogP contribution in [0.5, 0.6) is 0 Å². The van der Waals surface area contributed by atoms with E-state index in [0.29, 0.717) is 0 Å². The van der Waals surface area contributed by atoms with Gasteiger partial charge in [0.15, 0.2) is 0 Å². The van der Waals surface area contributed by atoms with Gasteiger partial charge >= 0.3 is 29.6 Å². The molecule has 1 atom stereocenters. The van der Waals surface area contributed by atoms with E-state index in [0.717, 1.165) is 5.69 Å². The number of anilines is 1. The molecule has 0 aliphatic rings. The van der Waals surface area contributed by atoms with Crippen LogP contribution in [0.15, 0.2) is 30.3 Å². The Morgan fingerprint density at radius 3 is 2.53 bits per heavy atom. The summed E-state index contributed by atoms with van der Waals surface area (Å²) in [5.41, 5.74) is 6.67. The first-order valence-electron chi connectivity index (χ1n) is 4.45. The SMILES string of the molecule is CC(CC(=O)[O-])NNc1ccccc1.[Na+]. The van der Waals surface area contributed by atoms with E-state index in [9.17, 15) is 9.90 Å². The Kier molecular flexibility index (Phi) is 7.42. The van der Waals surface area contributed by atoms with Gasteiger partial charge in [-0.05, 0) is 19.1 Å². The fraction of sp³-hybridized carbons (Fsp3) is 0.300. The molecule has 1 aromatic rings. The van der Waals surface area contributed by atoms with Gasteiger partial charge in [0.1, 0.15) is 0 Å². The van der Waals surface area contributed by atoms with E-state index in [2.05, 4.69) is 10.9 Å². The second-order valence-electron chi connectivity index (χ2n) is 3.11. The summed E-state index contributed by atoms with van der Waals surface area (Å²) in [6.45, 7) is 1.77. The van der Waals surface area contributed by atoms with Crippen molar-refractivity contribution < 1.29 is 39.5 Å². The Morgan fingerprint density at radius 2 is 2.00 bits per heavy atom. The van der Waals surface area contributed by atoms with Gasteiger partial charge < -0.3 is 15.3 Å². The van der Waals surface area contributed by atoms with Gasteiger partial charge in [-0.2, -0.15) is 0 Å². The largest absolute Gasteiger partial charge is 1.00 e. The summed E-state index contributed by atoms with van der Waals surface area (Å²) in [5.74, 6) is -1.06. The summed E-state index contributed by atoms with van der Waals surface area (Å²) in [6, 6.07) is 9.31. The van der Waals surface area contributed by atoms with Crippen LogP contribution in [0.25, 0.3) is 0 Å². The summed E-state index contributed by atoms with van der Waals surface area (Å²) < 4.78 is 0. The predicted octanol–water partition coefficient (Wildman–Crippen LogP) is -2.86. The molecule has 0 aliphatic heterocycles. The molecular weight excluding hydrogens is 203 g/mol. The van der Waals surface area contributed by atoms with Gasteiger partial charge in [-0.1, -0.05) is 18.2 Å². The average molecular weight is 216 g/mol. The summed E-state index contributed by atoms with van der Waals surface area (Å²) in [5, 5.41) is 10.2. The number of nitrogens with one attached hydrogen (secondary N) is 2. The molecule has 15 heavy (non-hydrogen) atoms. The van der Waals surface area contributed by atoms with Crippen molar-refractivity contribution in [2.24, 2.45) is 0 Å². The second kappa shape index (κ2) is 7.70. The fourth-order valence-corrected chi connectivity index (χ4v) is 1.03. The van der Waals surface area contributed by atoms with Gasteiger partial charge in [0.25, 0.3) is 0 Å². The molecule has 0 fully saturated rings. The van der Waals surface area contributed by atoms with Crippen LogP contribution in [0, 0.1) is 0 Å². The number of aliphatic carboxylic acids is 1. The van der Waals surface area contributed by atoms with Gasteiger partial charge in [0.05, 0.1) is 0 Å². The van der Waals surface area contributed by atoms with Crippen LogP contribution in [0.4, 0.5) is 5.69 Å². The summed E-state index contributed by atoms with van der Waals surface area (Å²) in [7, 11) is 0. The van der Waals surface area contributed by atoms with Gasteiger partial charge in [-0.25, -0.2) is 5.43 Å². The minimum absolute atomic E-state index is 0. The van der Waals surface area contributed by atoms with Crippen molar-refractivity contribution in [2.45, 2.75) is 19.4 Å². The summed E-state index contributed by atoms with van der Waals surface area (Å²) in [4.78, 5) is 10.2. The van der Waals surface area contributed by atoms with Gasteiger partial charge in [-0.15, -0.1) is 0 Å². The molecule has 1 rings (SSSR count). The number of benzene rings is 1. The van der Waals surface area contributed by atoms with Crippen LogP contribution < -0.4 is 45.5 Å². The number of carboxylic acids is 1. The molecule has 1 unspecified atom stereocenters. The summed E-state index contributed by atoms with van der Waals surface area (Å²) >= 11 is 0. The number of rotatable bonds is 5. The number of hydrazine groups is 1. The fourth-order valence-electron chi connectivity index (χ4n) is 1.03. The van der Waals surface area contributed by atoms with Crippen LogP contribution in [0.3, 0.4) is 0 Å². The van der Waals surface area contributed by atoms with E-state index in [4.69, 9.17) is 0 Å². The van der Waals surface area contributed by atoms with Crippen LogP contribution in [-0.4, -0.2) is 12.0 Å². The van der Waals surface area contributed by atoms with Crippen molar-refractivity contribution in [1.82, 2.24) is 5.43 Å². The Labute approximate surface area is 111 Å². The third kappa shape index (κ3) is 6.52. The molecule has 1 aromatic carbocycles. The van der Waals surface area contributed by atoms with Crippen molar-refractivity contribution in [1.29, 1.82) is 0 Å². The number of hydrogen-bond donors (Lipinski definition) is 2. The van der Waals surface area contributed by atoms with Crippen LogP contribution in [-0.2, 0) is 4.79 Å². The minimum atomic E-state index is -1.06. The molecule has 76 valence electrons. The van der Waals surface area contributed by atoms with Crippen LogP contribution in [0.2, 0.25) is 0 Å². The Morgan fingerprint density at radius 1 is 1.40 bits per heavy atom. The monoisotopic (exact) mass is 216 g/mol. The van der Waals surface area contributed by atoms with E-state index in [1.165, 1.54) is 0 Å². The minimum Gasteiger partial charge on any atom is -0.550 e. The molecule has 0 aromatic heterocycles. The van der Waals surface area contributed by atoms with Crippen molar-refractivity contribution in [3.8, 4) is 0 Å². The number of para-hydroxylation sites is 1. The van der Waals surface area contributed by atoms with Gasteiger partial charge in [0.2, 0.25) is 0 Å². The molecule has 0 spiro atoms. The molecule has 0 radical (unpaired) electrons. The molecule has 0 amide bonds. The molecule has 4 nitrogen and oxygen atoms in total. The zero-order chi connectivity index (χ0) is 10.4. The maximum atomic E-state index is 10.2. The van der Waals surface area contributed by atoms with Crippen molar-refractivity contribution in [2.75, 3.05) is 5.43 Å². The normalized spacial score (nSPS) is 11.3. The smallest absolute Gasteiger partial charge is 0.550 e. The number of carboxylic acid groups (broad SMARTS) is 1. The maximum absolute atomic E-state index is 10.2. The zero-order valence-electron chi connectivity index (χ0n) is 8.99. The quantitative estimate of drug-likeness (QED) is 0.410. The molecule has 0 aliphatic carbocycles. The number of carbonyl (C=O) groups is 1. The second-order valence-corrected chi connectivity index (χ2v) is 3.11. The molecule has 0 saturated heterocycles. The average Bonchev–Trinajstić information content (AvgIpc) is 2.15. The van der Waals surface area contributed by atoms with Crippen LogP contribution in [0.1, 0.15) is 13.3 Å². The molecular formula is C10H13N2NaO2. The van der Waals surface area contributed by atoms with E-state index in [1.54, 1.807) is 6.92 Å². The zero-order valence-corrected chi connectivity index (χ0v) is 11.0. The molecule has 0 heterocycles. The van der Waals surface area contributed by atoms with E-state index >= 15 is 0 Å². The molecule has 0 bridgehead atoms. The Hall–Kier alpha value is -0.550. The number of hydrogen-bond acceptors (Lipinski definition) is 4. The first kappa shape index (κ1) is 14.5. The maximum Gasteiger partial charge on any atom is 1.00 e. The van der Waals surface area contributed by atoms with Crippen molar-refractivity contribution >= 4 is 11.7 Å². The Balaban J connectivity index is 0.00000196. The first-order valence-corrected chi connectivity index (χ1v) is 4.45. The van der Waals surface area contributed by atoms with Gasteiger partial charge in [-0.3, -0.25) is 0 Å². The van der Waals surface area contributed by atoms with Crippen LogP contribution >= 0.6 is 0 Å². The van der Waals surface area contributed by atoms with E-state index in [-0.39, 0.29) is 42.0 Å². The van der Waals surface area contributed by atoms with Crippen molar-refractivity contribution in [3.05, 3.63) is 30.3 Å². The standard InChI is InChI=1S/C10H14N2O2.Na/c1-8(7-10(13)14)11-12-9-5-3-2-4-6-9;/h2-6,8,11-12H,7H2,1H3,(H,13,14);/q;+1/p-1. The number of carbonyl (C=O) groups excluding carboxylic acids is 1. The molecule has 5 heteroatoms. The third-order valence-corrected chi connectivity index (χ3v) is 1.71. The third-order valence-electron chi connectivity index (χ3n) is 1.71. The van der Waals surface area contributed by atoms with E-state index < -0.39 is 5.97 Å². The van der Waals surface area contributed by atoms with E-state index in [1.807, 2.05) is 30.3 Å².